The van der Waals surface area contributed by atoms with Crippen LogP contribution in [0.4, 0.5) is 5.69 Å². The summed E-state index contributed by atoms with van der Waals surface area (Å²) in [6.07, 6.45) is 0.151. The summed E-state index contributed by atoms with van der Waals surface area (Å²) >= 11 is 0. The third-order valence-electron chi connectivity index (χ3n) is 4.12. The van der Waals surface area contributed by atoms with Crippen LogP contribution in [0.25, 0.3) is 0 Å². The van der Waals surface area contributed by atoms with Crippen LogP contribution in [0.2, 0.25) is 0 Å². The fourth-order valence-corrected chi connectivity index (χ4v) is 2.68. The van der Waals surface area contributed by atoms with E-state index in [1.54, 1.807) is 29.2 Å². The molecule has 2 aromatic carbocycles. The quantitative estimate of drug-likeness (QED) is 0.776. The van der Waals surface area contributed by atoms with Gasteiger partial charge in [-0.2, -0.15) is 0 Å². The van der Waals surface area contributed by atoms with Gasteiger partial charge in [0.25, 0.3) is 5.91 Å². The second-order valence-corrected chi connectivity index (χ2v) is 5.79. The summed E-state index contributed by atoms with van der Waals surface area (Å²) in [5.41, 5.74) is 8.02. The van der Waals surface area contributed by atoms with E-state index in [1.807, 2.05) is 44.2 Å². The number of hydrogen-bond donors (Lipinski definition) is 2. The van der Waals surface area contributed by atoms with E-state index in [2.05, 4.69) is 5.32 Å². The largest absolute Gasteiger partial charge is 0.339 e. The Hall–Kier alpha value is -2.37. The molecular weight excluding hydrogens is 350 g/mol. The van der Waals surface area contributed by atoms with E-state index in [1.165, 1.54) is 0 Å². The first-order valence-electron chi connectivity index (χ1n) is 8.55. The summed E-state index contributed by atoms with van der Waals surface area (Å²) in [6, 6.07) is 16.2. The molecule has 0 bridgehead atoms. The van der Waals surface area contributed by atoms with Crippen molar-refractivity contribution in [3.8, 4) is 0 Å². The summed E-state index contributed by atoms with van der Waals surface area (Å²) in [4.78, 5) is 26.7. The number of carbonyl (C=O) groups is 2. The molecule has 2 amide bonds. The molecule has 2 aromatic rings. The zero-order chi connectivity index (χ0) is 18.2. The molecule has 0 aromatic heterocycles. The molecule has 3 N–H and O–H groups in total. The lowest BCUT2D eigenvalue weighted by molar-refractivity contribution is -0.116. The van der Waals surface area contributed by atoms with Gasteiger partial charge in [-0.25, -0.2) is 0 Å². The lowest BCUT2D eigenvalue weighted by Gasteiger charge is -2.20. The number of halogens is 1. The van der Waals surface area contributed by atoms with Gasteiger partial charge in [-0.05, 0) is 31.5 Å². The Morgan fingerprint density at radius 1 is 1.00 bits per heavy atom. The lowest BCUT2D eigenvalue weighted by Crippen LogP contribution is -2.31. The molecule has 0 fully saturated rings. The summed E-state index contributed by atoms with van der Waals surface area (Å²) in [5.74, 6) is -0.301. The van der Waals surface area contributed by atoms with Crippen molar-refractivity contribution in [2.24, 2.45) is 5.73 Å². The highest BCUT2D eigenvalue weighted by atomic mass is 35.5. The van der Waals surface area contributed by atoms with Gasteiger partial charge in [-0.3, -0.25) is 9.59 Å². The van der Waals surface area contributed by atoms with Gasteiger partial charge in [0, 0.05) is 25.6 Å². The fraction of sp³-hybridized carbons (Fsp3) is 0.300. The molecule has 0 aliphatic rings. The van der Waals surface area contributed by atoms with Crippen molar-refractivity contribution < 1.29 is 9.59 Å². The van der Waals surface area contributed by atoms with E-state index >= 15 is 0 Å². The first-order chi connectivity index (χ1) is 12.1. The summed E-state index contributed by atoms with van der Waals surface area (Å²) in [7, 11) is 0. The average molecular weight is 376 g/mol. The number of carbonyl (C=O) groups excluding carboxylic acids is 2. The van der Waals surface area contributed by atoms with E-state index in [0.29, 0.717) is 24.3 Å². The zero-order valence-corrected chi connectivity index (χ0v) is 16.0. The molecule has 2 rings (SSSR count). The molecule has 5 nitrogen and oxygen atoms in total. The van der Waals surface area contributed by atoms with Gasteiger partial charge >= 0.3 is 0 Å². The minimum atomic E-state index is -0.383. The highest BCUT2D eigenvalue weighted by Crippen LogP contribution is 2.19. The first-order valence-corrected chi connectivity index (χ1v) is 8.55. The van der Waals surface area contributed by atoms with Crippen LogP contribution in [-0.4, -0.2) is 29.8 Å². The van der Waals surface area contributed by atoms with Gasteiger partial charge in [0.05, 0.1) is 11.3 Å². The molecule has 26 heavy (non-hydrogen) atoms. The molecule has 0 saturated carbocycles. The third kappa shape index (κ3) is 5.58. The first kappa shape index (κ1) is 21.7. The predicted molar refractivity (Wildman–Crippen MR) is 108 cm³/mol. The van der Waals surface area contributed by atoms with Gasteiger partial charge < -0.3 is 16.0 Å². The van der Waals surface area contributed by atoms with Crippen molar-refractivity contribution in [1.29, 1.82) is 0 Å². The number of anilines is 1. The van der Waals surface area contributed by atoms with E-state index in [4.69, 9.17) is 5.73 Å². The monoisotopic (exact) mass is 375 g/mol. The van der Waals surface area contributed by atoms with Crippen molar-refractivity contribution in [3.63, 3.8) is 0 Å². The van der Waals surface area contributed by atoms with Gasteiger partial charge in [0.2, 0.25) is 5.91 Å². The Morgan fingerprint density at radius 3 is 2.19 bits per heavy atom. The number of para-hydroxylation sites is 1. The highest BCUT2D eigenvalue weighted by Gasteiger charge is 2.18. The van der Waals surface area contributed by atoms with E-state index in [0.717, 1.165) is 5.56 Å². The van der Waals surface area contributed by atoms with Gasteiger partial charge in [-0.15, -0.1) is 12.4 Å². The van der Waals surface area contributed by atoms with Crippen molar-refractivity contribution in [3.05, 3.63) is 65.7 Å². The Labute approximate surface area is 161 Å². The van der Waals surface area contributed by atoms with Gasteiger partial charge in [0.1, 0.15) is 0 Å². The molecule has 0 saturated heterocycles. The summed E-state index contributed by atoms with van der Waals surface area (Å²) in [5, 5.41) is 2.83. The van der Waals surface area contributed by atoms with Crippen molar-refractivity contribution in [1.82, 2.24) is 4.90 Å². The maximum atomic E-state index is 12.6. The molecule has 0 aliphatic heterocycles. The molecule has 6 heteroatoms. The van der Waals surface area contributed by atoms with Crippen molar-refractivity contribution in [2.45, 2.75) is 26.3 Å². The standard InChI is InChI=1S/C20H25N3O2.ClH/c1-3-23(4-2)20(25)16-12-8-9-13-18(16)22-19(24)14-17(21)15-10-6-5-7-11-15;/h5-13,17H,3-4,14,21H2,1-2H3,(H,22,24);1H. The Bertz CT molecular complexity index is 718. The Morgan fingerprint density at radius 2 is 1.58 bits per heavy atom. The summed E-state index contributed by atoms with van der Waals surface area (Å²) in [6.45, 7) is 5.11. The van der Waals surface area contributed by atoms with Gasteiger partial charge in [-0.1, -0.05) is 42.5 Å². The minimum Gasteiger partial charge on any atom is -0.339 e. The van der Waals surface area contributed by atoms with Crippen LogP contribution in [0.5, 0.6) is 0 Å². The SMILES string of the molecule is CCN(CC)C(=O)c1ccccc1NC(=O)CC(N)c1ccccc1.Cl. The number of hydrogen-bond acceptors (Lipinski definition) is 3. The summed E-state index contributed by atoms with van der Waals surface area (Å²) < 4.78 is 0. The van der Waals surface area contributed by atoms with E-state index < -0.39 is 0 Å². The number of nitrogens with zero attached hydrogens (tertiary/aromatic N) is 1. The van der Waals surface area contributed by atoms with Crippen molar-refractivity contribution >= 4 is 29.9 Å². The van der Waals surface area contributed by atoms with Crippen molar-refractivity contribution in [2.75, 3.05) is 18.4 Å². The topological polar surface area (TPSA) is 75.4 Å². The van der Waals surface area contributed by atoms with Crippen LogP contribution in [0.1, 0.15) is 42.2 Å². The third-order valence-corrected chi connectivity index (χ3v) is 4.12. The van der Waals surface area contributed by atoms with Crippen LogP contribution >= 0.6 is 12.4 Å². The number of rotatable bonds is 7. The molecule has 1 unspecified atom stereocenters. The minimum absolute atomic E-state index is 0. The van der Waals surface area contributed by atoms with Gasteiger partial charge in [0.15, 0.2) is 0 Å². The van der Waals surface area contributed by atoms with Crippen LogP contribution < -0.4 is 11.1 Å². The van der Waals surface area contributed by atoms with Crippen LogP contribution in [-0.2, 0) is 4.79 Å². The fourth-order valence-electron chi connectivity index (χ4n) is 2.68. The number of nitrogens with one attached hydrogen (secondary N) is 1. The average Bonchev–Trinajstić information content (AvgIpc) is 2.63. The molecule has 0 aliphatic carbocycles. The smallest absolute Gasteiger partial charge is 0.255 e. The number of benzene rings is 2. The number of nitrogens with two attached hydrogens (primary N) is 1. The van der Waals surface area contributed by atoms with Crippen LogP contribution in [0.3, 0.4) is 0 Å². The second kappa shape index (κ2) is 10.6. The predicted octanol–water partition coefficient (Wildman–Crippen LogP) is 3.62. The molecule has 0 spiro atoms. The zero-order valence-electron chi connectivity index (χ0n) is 15.1. The normalized spacial score (nSPS) is 11.2. The Kier molecular flexibility index (Phi) is 8.82. The van der Waals surface area contributed by atoms with E-state index in [-0.39, 0.29) is 36.7 Å². The second-order valence-electron chi connectivity index (χ2n) is 5.79. The van der Waals surface area contributed by atoms with Crippen LogP contribution in [0.15, 0.2) is 54.6 Å². The maximum Gasteiger partial charge on any atom is 0.255 e. The molecule has 0 heterocycles. The number of amides is 2. The van der Waals surface area contributed by atoms with E-state index in [9.17, 15) is 9.59 Å². The molecule has 1 atom stereocenters. The Balaban J connectivity index is 0.00000338. The maximum absolute atomic E-state index is 12.6. The molecule has 140 valence electrons. The lowest BCUT2D eigenvalue weighted by atomic mass is 10.0. The molecular formula is C20H26ClN3O2. The highest BCUT2D eigenvalue weighted by molar-refractivity contribution is 6.03. The molecule has 0 radical (unpaired) electrons. The van der Waals surface area contributed by atoms with Crippen LogP contribution in [0, 0.1) is 0 Å².